The second kappa shape index (κ2) is 17.6. The first-order valence-corrected chi connectivity index (χ1v) is 18.6. The number of piperidine rings is 3. The third-order valence-electron chi connectivity index (χ3n) is 10.1. The van der Waals surface area contributed by atoms with Gasteiger partial charge in [0.2, 0.25) is 11.4 Å². The molecule has 2 bridgehead atoms. The number of aromatic amines is 1. The predicted octanol–water partition coefficient (Wildman–Crippen LogP) is 4.97. The number of nitrogens with one attached hydrogen (secondary N) is 3. The van der Waals surface area contributed by atoms with E-state index in [9.17, 15) is 24.6 Å². The molecule has 0 aliphatic carbocycles. The van der Waals surface area contributed by atoms with Crippen molar-refractivity contribution in [1.82, 2.24) is 25.5 Å². The smallest absolute Gasteiger partial charge is 0.408 e. The maximum Gasteiger partial charge on any atom is 0.408 e. The lowest BCUT2D eigenvalue weighted by molar-refractivity contribution is -0.0336. The van der Waals surface area contributed by atoms with Crippen LogP contribution in [0.4, 0.5) is 4.79 Å². The highest BCUT2D eigenvalue weighted by Gasteiger charge is 2.37. The molecule has 55 heavy (non-hydrogen) atoms. The van der Waals surface area contributed by atoms with E-state index in [1.165, 1.54) is 18.4 Å². The quantitative estimate of drug-likeness (QED) is 0.0674. The molecule has 0 unspecified atom stereocenters. The van der Waals surface area contributed by atoms with Gasteiger partial charge in [-0.25, -0.2) is 14.6 Å². The van der Waals surface area contributed by atoms with E-state index >= 15 is 0 Å². The fraction of sp³-hybridized carbons (Fsp3) is 0.366. The molecule has 8 rings (SSSR count). The van der Waals surface area contributed by atoms with Crippen molar-refractivity contribution < 1.29 is 38.4 Å². The lowest BCUT2D eigenvalue weighted by atomic mass is 9.86. The van der Waals surface area contributed by atoms with Crippen molar-refractivity contribution in [1.29, 1.82) is 0 Å². The topological polar surface area (TPSA) is 188 Å². The molecule has 3 saturated heterocycles. The van der Waals surface area contributed by atoms with Crippen LogP contribution in [0, 0.1) is 5.92 Å². The highest BCUT2D eigenvalue weighted by atomic mass is 16.6. The van der Waals surface area contributed by atoms with Crippen LogP contribution >= 0.6 is 0 Å². The molecule has 3 aromatic carbocycles. The van der Waals surface area contributed by atoms with Gasteiger partial charge in [-0.3, -0.25) is 9.69 Å². The molecular formula is C41H45N5O9. The van der Waals surface area contributed by atoms with Gasteiger partial charge in [-0.05, 0) is 92.2 Å². The molecule has 5 heterocycles. The molecule has 3 aliphatic heterocycles. The summed E-state index contributed by atoms with van der Waals surface area (Å²) in [7, 11) is 0. The van der Waals surface area contributed by atoms with E-state index in [-0.39, 0.29) is 54.3 Å². The van der Waals surface area contributed by atoms with Crippen LogP contribution in [0.3, 0.4) is 0 Å². The van der Waals surface area contributed by atoms with E-state index in [4.69, 9.17) is 18.6 Å². The standard InChI is InChI=1S/C41H45N5O9/c47-33-13-11-30(31-12-14-36(49)44-39(31)33)34(48)22-42-17-4-5-20-52-40(50)32-24-54-37(43-32)25-53-29-10-6-9-28(21-29)38(27-7-2-1-3-8-27)45-41(51)55-35-23-46-18-15-26(35)16-19-46/h1-3,6-14,21,24,26,34-35,38,42,47-48H,4-5,15-20,22-23,25H2,(H,44,49)(H,45,51)/t34-,35-,38-/m0/s1. The Morgan fingerprint density at radius 1 is 1.00 bits per heavy atom. The molecule has 5 aromatic rings. The van der Waals surface area contributed by atoms with Crippen molar-refractivity contribution in [2.45, 2.75) is 50.5 Å². The molecule has 0 spiro atoms. The zero-order valence-corrected chi connectivity index (χ0v) is 30.3. The van der Waals surface area contributed by atoms with E-state index < -0.39 is 24.2 Å². The number of pyridine rings is 1. The second-order valence-corrected chi connectivity index (χ2v) is 13.9. The number of nitrogens with zero attached hydrogens (tertiary/aromatic N) is 2. The predicted molar refractivity (Wildman–Crippen MR) is 202 cm³/mol. The first-order valence-electron chi connectivity index (χ1n) is 18.6. The van der Waals surface area contributed by atoms with Gasteiger partial charge < -0.3 is 44.5 Å². The minimum absolute atomic E-state index is 0.0306. The van der Waals surface area contributed by atoms with E-state index in [2.05, 4.69) is 25.5 Å². The van der Waals surface area contributed by atoms with Crippen LogP contribution in [-0.4, -0.2) is 82.6 Å². The monoisotopic (exact) mass is 751 g/mol. The van der Waals surface area contributed by atoms with Crippen LogP contribution in [0.1, 0.15) is 70.9 Å². The Kier molecular flexibility index (Phi) is 12.1. The van der Waals surface area contributed by atoms with Crippen molar-refractivity contribution >= 4 is 23.0 Å². The number of ether oxygens (including phenoxy) is 3. The lowest BCUT2D eigenvalue weighted by Gasteiger charge is -2.43. The highest BCUT2D eigenvalue weighted by Crippen LogP contribution is 2.31. The summed E-state index contributed by atoms with van der Waals surface area (Å²) in [5, 5.41) is 27.6. The summed E-state index contributed by atoms with van der Waals surface area (Å²) < 4.78 is 22.8. The summed E-state index contributed by atoms with van der Waals surface area (Å²) >= 11 is 0. The first kappa shape index (κ1) is 37.6. The van der Waals surface area contributed by atoms with Crippen molar-refractivity contribution in [2.75, 3.05) is 39.3 Å². The molecule has 14 heteroatoms. The second-order valence-electron chi connectivity index (χ2n) is 13.9. The molecular weight excluding hydrogens is 706 g/mol. The summed E-state index contributed by atoms with van der Waals surface area (Å²) in [6.07, 6.45) is 3.18. The highest BCUT2D eigenvalue weighted by molar-refractivity contribution is 5.87. The van der Waals surface area contributed by atoms with Gasteiger partial charge in [0.05, 0.1) is 24.3 Å². The Balaban J connectivity index is 0.849. The number of aromatic nitrogens is 2. The molecule has 3 fully saturated rings. The fourth-order valence-electron chi connectivity index (χ4n) is 7.23. The summed E-state index contributed by atoms with van der Waals surface area (Å²) in [6.45, 7) is 3.87. The number of rotatable bonds is 16. The number of hydrogen-bond donors (Lipinski definition) is 5. The maximum atomic E-state index is 13.2. The van der Waals surface area contributed by atoms with Crippen LogP contribution in [0.15, 0.2) is 94.3 Å². The number of H-pyrrole nitrogens is 1. The number of phenols is 1. The van der Waals surface area contributed by atoms with Gasteiger partial charge in [-0.2, -0.15) is 0 Å². The van der Waals surface area contributed by atoms with Gasteiger partial charge in [0.25, 0.3) is 0 Å². The van der Waals surface area contributed by atoms with Crippen LogP contribution in [-0.2, 0) is 16.1 Å². The number of esters is 1. The SMILES string of the molecule is O=C(N[C@@H](c1ccccc1)c1cccc(OCc2nc(C(=O)OCCCCNC[C@H](O)c3ccc(O)c4[nH]c(=O)ccc34)co2)c1)O[C@H]1CN2CCC1CC2. The van der Waals surface area contributed by atoms with Gasteiger partial charge in [0.1, 0.15) is 23.9 Å². The average molecular weight is 752 g/mol. The molecule has 14 nitrogen and oxygen atoms in total. The average Bonchev–Trinajstić information content (AvgIpc) is 3.69. The van der Waals surface area contributed by atoms with Crippen LogP contribution in [0.5, 0.6) is 11.5 Å². The molecule has 0 saturated carbocycles. The van der Waals surface area contributed by atoms with Gasteiger partial charge in [0.15, 0.2) is 12.3 Å². The Morgan fingerprint density at radius 2 is 1.82 bits per heavy atom. The summed E-state index contributed by atoms with van der Waals surface area (Å²) in [5.74, 6) is 0.455. The molecule has 2 aromatic heterocycles. The lowest BCUT2D eigenvalue weighted by Crippen LogP contribution is -2.52. The van der Waals surface area contributed by atoms with Crippen molar-refractivity contribution in [2.24, 2.45) is 5.92 Å². The number of carbonyl (C=O) groups is 2. The fourth-order valence-corrected chi connectivity index (χ4v) is 7.23. The Bertz CT molecular complexity index is 2130. The number of aliphatic hydroxyl groups excluding tert-OH is 1. The number of alkyl carbamates (subject to hydrolysis) is 1. The van der Waals surface area contributed by atoms with E-state index in [0.29, 0.717) is 42.0 Å². The number of amides is 1. The summed E-state index contributed by atoms with van der Waals surface area (Å²) in [5.41, 5.74) is 2.26. The minimum Gasteiger partial charge on any atom is -0.506 e. The molecule has 3 atom stereocenters. The van der Waals surface area contributed by atoms with Crippen molar-refractivity contribution in [3.8, 4) is 11.5 Å². The van der Waals surface area contributed by atoms with Gasteiger partial charge in [0, 0.05) is 24.5 Å². The van der Waals surface area contributed by atoms with E-state index in [1.807, 2.05) is 48.5 Å². The molecule has 5 N–H and O–H groups in total. The zero-order valence-electron chi connectivity index (χ0n) is 30.3. The Labute approximate surface area is 317 Å². The number of phenolic OH excluding ortho intramolecular Hbond substituents is 1. The molecule has 1 amide bonds. The maximum absolute atomic E-state index is 13.2. The number of hydrogen-bond acceptors (Lipinski definition) is 12. The zero-order chi connectivity index (χ0) is 38.1. The molecule has 288 valence electrons. The Hall–Kier alpha value is -5.70. The molecule has 3 aliphatic rings. The first-order chi connectivity index (χ1) is 26.8. The van der Waals surface area contributed by atoms with Gasteiger partial charge >= 0.3 is 12.1 Å². The largest absolute Gasteiger partial charge is 0.506 e. The number of fused-ring (bicyclic) bond motifs is 4. The van der Waals surface area contributed by atoms with Crippen molar-refractivity contribution in [3.05, 3.63) is 124 Å². The number of benzene rings is 3. The van der Waals surface area contributed by atoms with Gasteiger partial charge in [-0.15, -0.1) is 0 Å². The summed E-state index contributed by atoms with van der Waals surface area (Å²) in [4.78, 5) is 46.6. The normalized spacial score (nSPS) is 18.7. The van der Waals surface area contributed by atoms with E-state index in [0.717, 1.165) is 43.6 Å². The van der Waals surface area contributed by atoms with Crippen LogP contribution in [0.25, 0.3) is 10.9 Å². The number of aliphatic hydroxyl groups is 1. The van der Waals surface area contributed by atoms with Gasteiger partial charge in [-0.1, -0.05) is 48.5 Å². The summed E-state index contributed by atoms with van der Waals surface area (Å²) in [6, 6.07) is 22.6. The number of aromatic hydroxyl groups is 1. The number of unbranched alkanes of at least 4 members (excludes halogenated alkanes) is 1. The third kappa shape index (κ3) is 9.52. The van der Waals surface area contributed by atoms with Crippen LogP contribution < -0.4 is 20.9 Å². The molecule has 0 radical (unpaired) electrons. The van der Waals surface area contributed by atoms with Crippen LogP contribution in [0.2, 0.25) is 0 Å². The van der Waals surface area contributed by atoms with E-state index in [1.54, 1.807) is 18.2 Å². The van der Waals surface area contributed by atoms with Crippen molar-refractivity contribution in [3.63, 3.8) is 0 Å². The number of carbonyl (C=O) groups excluding carboxylic acids is 2. The third-order valence-corrected chi connectivity index (χ3v) is 10.1. The Morgan fingerprint density at radius 3 is 2.62 bits per heavy atom. The minimum atomic E-state index is -0.861. The number of oxazole rings is 1.